The Morgan fingerprint density at radius 3 is 2.08 bits per heavy atom. The molecule has 0 atom stereocenters. The lowest BCUT2D eigenvalue weighted by Gasteiger charge is -2.17. The fourth-order valence-corrected chi connectivity index (χ4v) is 4.00. The Bertz CT molecular complexity index is 838. The van der Waals surface area contributed by atoms with E-state index in [0.29, 0.717) is 16.9 Å². The molecule has 4 nitrogen and oxygen atoms in total. The van der Waals surface area contributed by atoms with E-state index in [1.165, 1.54) is 31.4 Å². The Morgan fingerprint density at radius 2 is 1.58 bits per heavy atom. The number of nitrogens with one attached hydrogen (secondary N) is 1. The summed E-state index contributed by atoms with van der Waals surface area (Å²) in [4.78, 5) is -0.0692. The van der Waals surface area contributed by atoms with Gasteiger partial charge < -0.3 is 4.74 Å². The standard InChI is InChI=1S/C16H16F3NO3S/c1-10-8-12(23-3)9-11(2)15(10)24(21,22)20-14-7-5-4-6-13(14)16(17,18)19/h4-9,20H,1-3H3. The lowest BCUT2D eigenvalue weighted by atomic mass is 10.1. The maximum atomic E-state index is 13.0. The van der Waals surface area contributed by atoms with Crippen molar-refractivity contribution in [3.63, 3.8) is 0 Å². The van der Waals surface area contributed by atoms with Gasteiger partial charge in [0.1, 0.15) is 5.75 Å². The number of halogens is 3. The van der Waals surface area contributed by atoms with E-state index in [4.69, 9.17) is 4.74 Å². The van der Waals surface area contributed by atoms with Crippen molar-refractivity contribution >= 4 is 15.7 Å². The quantitative estimate of drug-likeness (QED) is 0.893. The first-order chi connectivity index (χ1) is 11.1. The molecule has 0 saturated carbocycles. The molecule has 1 N–H and O–H groups in total. The fourth-order valence-electron chi connectivity index (χ4n) is 2.47. The number of methoxy groups -OCH3 is 1. The number of para-hydroxylation sites is 1. The van der Waals surface area contributed by atoms with Gasteiger partial charge in [-0.15, -0.1) is 0 Å². The minimum atomic E-state index is -4.66. The van der Waals surface area contributed by atoms with E-state index in [-0.39, 0.29) is 4.90 Å². The molecule has 0 radical (unpaired) electrons. The van der Waals surface area contributed by atoms with Gasteiger partial charge in [0.15, 0.2) is 0 Å². The summed E-state index contributed by atoms with van der Waals surface area (Å²) in [7, 11) is -2.74. The summed E-state index contributed by atoms with van der Waals surface area (Å²) in [5, 5.41) is 0. The van der Waals surface area contributed by atoms with Crippen LogP contribution in [0, 0.1) is 13.8 Å². The molecular weight excluding hydrogens is 343 g/mol. The highest BCUT2D eigenvalue weighted by Crippen LogP contribution is 2.36. The predicted octanol–water partition coefficient (Wildman–Crippen LogP) is 4.13. The molecule has 0 fully saturated rings. The molecule has 2 aromatic carbocycles. The van der Waals surface area contributed by atoms with Gasteiger partial charge in [-0.05, 0) is 49.2 Å². The Labute approximate surface area is 138 Å². The number of hydrogen-bond donors (Lipinski definition) is 1. The molecule has 0 aliphatic carbocycles. The number of ether oxygens (including phenoxy) is 1. The average molecular weight is 359 g/mol. The second kappa shape index (κ2) is 6.35. The zero-order valence-corrected chi connectivity index (χ0v) is 14.0. The Hall–Kier alpha value is -2.22. The molecule has 130 valence electrons. The van der Waals surface area contributed by atoms with Gasteiger partial charge in [-0.3, -0.25) is 4.72 Å². The normalized spacial score (nSPS) is 12.1. The molecular formula is C16H16F3NO3S. The van der Waals surface area contributed by atoms with Gasteiger partial charge in [0, 0.05) is 0 Å². The number of rotatable bonds is 4. The van der Waals surface area contributed by atoms with Crippen LogP contribution in [0.3, 0.4) is 0 Å². The van der Waals surface area contributed by atoms with Crippen molar-refractivity contribution in [2.45, 2.75) is 24.9 Å². The van der Waals surface area contributed by atoms with Gasteiger partial charge in [-0.1, -0.05) is 12.1 Å². The monoisotopic (exact) mass is 359 g/mol. The summed E-state index contributed by atoms with van der Waals surface area (Å²) < 4.78 is 71.4. The number of anilines is 1. The van der Waals surface area contributed by atoms with Crippen LogP contribution in [0.4, 0.5) is 18.9 Å². The molecule has 0 heterocycles. The second-order valence-corrected chi connectivity index (χ2v) is 6.86. The van der Waals surface area contributed by atoms with Gasteiger partial charge in [0.2, 0.25) is 0 Å². The number of aryl methyl sites for hydroxylation is 2. The zero-order valence-electron chi connectivity index (χ0n) is 13.2. The van der Waals surface area contributed by atoms with Crippen molar-refractivity contribution in [3.05, 3.63) is 53.1 Å². The van der Waals surface area contributed by atoms with Crippen molar-refractivity contribution in [1.82, 2.24) is 0 Å². The Morgan fingerprint density at radius 1 is 1.04 bits per heavy atom. The highest BCUT2D eigenvalue weighted by Gasteiger charge is 2.34. The third kappa shape index (κ3) is 3.64. The second-order valence-electron chi connectivity index (χ2n) is 5.24. The maximum Gasteiger partial charge on any atom is 0.418 e. The topological polar surface area (TPSA) is 55.4 Å². The first kappa shape index (κ1) is 18.1. The largest absolute Gasteiger partial charge is 0.497 e. The third-order valence-corrected chi connectivity index (χ3v) is 5.09. The van der Waals surface area contributed by atoms with Crippen molar-refractivity contribution < 1.29 is 26.3 Å². The first-order valence-electron chi connectivity index (χ1n) is 6.90. The van der Waals surface area contributed by atoms with Crippen LogP contribution in [0.15, 0.2) is 41.3 Å². The van der Waals surface area contributed by atoms with Crippen LogP contribution in [0.2, 0.25) is 0 Å². The van der Waals surface area contributed by atoms with Crippen molar-refractivity contribution in [3.8, 4) is 5.75 Å². The van der Waals surface area contributed by atoms with E-state index in [2.05, 4.69) is 0 Å². The summed E-state index contributed by atoms with van der Waals surface area (Å²) in [5.41, 5.74) is -0.801. The number of benzene rings is 2. The maximum absolute atomic E-state index is 13.0. The highest BCUT2D eigenvalue weighted by molar-refractivity contribution is 7.92. The molecule has 8 heteroatoms. The van der Waals surface area contributed by atoms with Gasteiger partial charge in [-0.2, -0.15) is 13.2 Å². The van der Waals surface area contributed by atoms with E-state index in [1.807, 2.05) is 4.72 Å². The van der Waals surface area contributed by atoms with Gasteiger partial charge in [0.05, 0.1) is 23.3 Å². The van der Waals surface area contributed by atoms with E-state index >= 15 is 0 Å². The van der Waals surface area contributed by atoms with Gasteiger partial charge >= 0.3 is 6.18 Å². The molecule has 0 aromatic heterocycles. The van der Waals surface area contributed by atoms with Crippen LogP contribution in [-0.4, -0.2) is 15.5 Å². The van der Waals surface area contributed by atoms with Crippen LogP contribution < -0.4 is 9.46 Å². The molecule has 0 aliphatic heterocycles. The van der Waals surface area contributed by atoms with Gasteiger partial charge in [-0.25, -0.2) is 8.42 Å². The fraction of sp³-hybridized carbons (Fsp3) is 0.250. The number of hydrogen-bond acceptors (Lipinski definition) is 3. The lowest BCUT2D eigenvalue weighted by molar-refractivity contribution is -0.136. The van der Waals surface area contributed by atoms with E-state index in [9.17, 15) is 21.6 Å². The average Bonchev–Trinajstić information content (AvgIpc) is 2.44. The van der Waals surface area contributed by atoms with Crippen LogP contribution in [-0.2, 0) is 16.2 Å². The smallest absolute Gasteiger partial charge is 0.418 e. The highest BCUT2D eigenvalue weighted by atomic mass is 32.2. The van der Waals surface area contributed by atoms with Gasteiger partial charge in [0.25, 0.3) is 10.0 Å². The predicted molar refractivity (Wildman–Crippen MR) is 84.7 cm³/mol. The molecule has 0 saturated heterocycles. The molecule has 2 rings (SSSR count). The summed E-state index contributed by atoms with van der Waals surface area (Å²) in [6, 6.07) is 7.46. The Kier molecular flexibility index (Phi) is 4.80. The summed E-state index contributed by atoms with van der Waals surface area (Å²) >= 11 is 0. The van der Waals surface area contributed by atoms with Crippen LogP contribution in [0.1, 0.15) is 16.7 Å². The zero-order chi connectivity index (χ0) is 18.1. The Balaban J connectivity index is 2.52. The first-order valence-corrected chi connectivity index (χ1v) is 8.39. The van der Waals surface area contributed by atoms with E-state index in [1.54, 1.807) is 13.8 Å². The summed E-state index contributed by atoms with van der Waals surface area (Å²) in [5.74, 6) is 0.472. The summed E-state index contributed by atoms with van der Waals surface area (Å²) in [6.07, 6.45) is -4.66. The lowest BCUT2D eigenvalue weighted by Crippen LogP contribution is -2.19. The van der Waals surface area contributed by atoms with E-state index in [0.717, 1.165) is 12.1 Å². The molecule has 0 amide bonds. The minimum absolute atomic E-state index is 0.0692. The van der Waals surface area contributed by atoms with Crippen molar-refractivity contribution in [2.75, 3.05) is 11.8 Å². The SMILES string of the molecule is COc1cc(C)c(S(=O)(=O)Nc2ccccc2C(F)(F)F)c(C)c1. The van der Waals surface area contributed by atoms with Crippen LogP contribution >= 0.6 is 0 Å². The molecule has 24 heavy (non-hydrogen) atoms. The molecule has 0 unspecified atom stereocenters. The number of sulfonamides is 1. The van der Waals surface area contributed by atoms with E-state index < -0.39 is 27.5 Å². The van der Waals surface area contributed by atoms with Crippen LogP contribution in [0.25, 0.3) is 0 Å². The number of alkyl halides is 3. The van der Waals surface area contributed by atoms with Crippen molar-refractivity contribution in [2.24, 2.45) is 0 Å². The summed E-state index contributed by atoms with van der Waals surface area (Å²) in [6.45, 7) is 3.11. The van der Waals surface area contributed by atoms with Crippen molar-refractivity contribution in [1.29, 1.82) is 0 Å². The molecule has 0 bridgehead atoms. The minimum Gasteiger partial charge on any atom is -0.497 e. The van der Waals surface area contributed by atoms with Crippen LogP contribution in [0.5, 0.6) is 5.75 Å². The molecule has 0 spiro atoms. The molecule has 2 aromatic rings. The third-order valence-electron chi connectivity index (χ3n) is 3.42. The molecule has 0 aliphatic rings.